The SMILES string of the molecule is CCCNC(=O)[C@@H](C)N(Cc1ccccc1)C(=O)CN(c1ccccc1F)S(=O)(=O)c1ccc(C)cc1. The third kappa shape index (κ3) is 6.95. The van der Waals surface area contributed by atoms with Gasteiger partial charge >= 0.3 is 0 Å². The quantitative estimate of drug-likeness (QED) is 0.405. The summed E-state index contributed by atoms with van der Waals surface area (Å²) in [5.74, 6) is -1.78. The van der Waals surface area contributed by atoms with Gasteiger partial charge in [0.05, 0.1) is 10.6 Å². The summed E-state index contributed by atoms with van der Waals surface area (Å²) in [6.07, 6.45) is 0.723. The van der Waals surface area contributed by atoms with Crippen molar-refractivity contribution in [2.24, 2.45) is 0 Å². The largest absolute Gasteiger partial charge is 0.354 e. The summed E-state index contributed by atoms with van der Waals surface area (Å²) in [5, 5.41) is 2.78. The Morgan fingerprint density at radius 2 is 1.57 bits per heavy atom. The van der Waals surface area contributed by atoms with Crippen molar-refractivity contribution >= 4 is 27.5 Å². The second kappa shape index (κ2) is 12.5. The molecule has 3 aromatic rings. The van der Waals surface area contributed by atoms with E-state index in [9.17, 15) is 22.4 Å². The molecule has 0 bridgehead atoms. The van der Waals surface area contributed by atoms with E-state index in [0.717, 1.165) is 27.9 Å². The summed E-state index contributed by atoms with van der Waals surface area (Å²) < 4.78 is 43.0. The second-order valence-electron chi connectivity index (χ2n) is 8.75. The van der Waals surface area contributed by atoms with Crippen molar-refractivity contribution in [2.75, 3.05) is 17.4 Å². The van der Waals surface area contributed by atoms with E-state index in [0.29, 0.717) is 6.54 Å². The highest BCUT2D eigenvalue weighted by molar-refractivity contribution is 7.92. The topological polar surface area (TPSA) is 86.8 Å². The summed E-state index contributed by atoms with van der Waals surface area (Å²) in [6, 6.07) is 19.7. The van der Waals surface area contributed by atoms with Crippen molar-refractivity contribution in [1.82, 2.24) is 10.2 Å². The minimum atomic E-state index is -4.31. The molecule has 0 aromatic heterocycles. The fourth-order valence-corrected chi connectivity index (χ4v) is 5.19. The second-order valence-corrected chi connectivity index (χ2v) is 10.6. The van der Waals surface area contributed by atoms with Gasteiger partial charge in [-0.05, 0) is 50.1 Å². The van der Waals surface area contributed by atoms with Crippen molar-refractivity contribution in [3.05, 3.63) is 95.8 Å². The summed E-state index contributed by atoms with van der Waals surface area (Å²) in [7, 11) is -4.31. The number of nitrogens with zero attached hydrogens (tertiary/aromatic N) is 2. The van der Waals surface area contributed by atoms with Crippen LogP contribution >= 0.6 is 0 Å². The fourth-order valence-electron chi connectivity index (χ4n) is 3.76. The number of carbonyl (C=O) groups is 2. The Balaban J connectivity index is 2.02. The van der Waals surface area contributed by atoms with Crippen LogP contribution in [-0.4, -0.2) is 44.3 Å². The average Bonchev–Trinajstić information content (AvgIpc) is 2.89. The van der Waals surface area contributed by atoms with Crippen LogP contribution in [0.3, 0.4) is 0 Å². The van der Waals surface area contributed by atoms with Gasteiger partial charge in [0.15, 0.2) is 0 Å². The summed E-state index contributed by atoms with van der Waals surface area (Å²) in [5.41, 5.74) is 1.37. The molecule has 0 fully saturated rings. The van der Waals surface area contributed by atoms with E-state index < -0.39 is 34.3 Å². The Morgan fingerprint density at radius 1 is 0.946 bits per heavy atom. The van der Waals surface area contributed by atoms with Crippen LogP contribution in [0.5, 0.6) is 0 Å². The number of nitrogens with one attached hydrogen (secondary N) is 1. The number of amides is 2. The number of rotatable bonds is 11. The van der Waals surface area contributed by atoms with Crippen molar-refractivity contribution in [2.45, 2.75) is 44.7 Å². The number of hydrogen-bond acceptors (Lipinski definition) is 4. The zero-order valence-electron chi connectivity index (χ0n) is 21.2. The lowest BCUT2D eigenvalue weighted by atomic mass is 10.1. The molecule has 2 amide bonds. The van der Waals surface area contributed by atoms with E-state index in [-0.39, 0.29) is 23.0 Å². The maximum absolute atomic E-state index is 14.9. The van der Waals surface area contributed by atoms with Crippen LogP contribution in [0.25, 0.3) is 0 Å². The van der Waals surface area contributed by atoms with E-state index in [4.69, 9.17) is 0 Å². The van der Waals surface area contributed by atoms with Crippen LogP contribution in [0.1, 0.15) is 31.4 Å². The fraction of sp³-hybridized carbons (Fsp3) is 0.286. The van der Waals surface area contributed by atoms with E-state index in [1.54, 1.807) is 19.1 Å². The third-order valence-electron chi connectivity index (χ3n) is 5.92. The Hall–Kier alpha value is -3.72. The number of para-hydroxylation sites is 1. The predicted octanol–water partition coefficient (Wildman–Crippen LogP) is 4.27. The van der Waals surface area contributed by atoms with E-state index in [1.807, 2.05) is 44.2 Å². The van der Waals surface area contributed by atoms with Crippen LogP contribution in [0, 0.1) is 12.7 Å². The molecule has 0 saturated carbocycles. The zero-order chi connectivity index (χ0) is 27.0. The lowest BCUT2D eigenvalue weighted by Crippen LogP contribution is -2.51. The van der Waals surface area contributed by atoms with Crippen molar-refractivity contribution in [3.8, 4) is 0 Å². The van der Waals surface area contributed by atoms with E-state index in [2.05, 4.69) is 5.32 Å². The van der Waals surface area contributed by atoms with Crippen LogP contribution < -0.4 is 9.62 Å². The first-order valence-corrected chi connectivity index (χ1v) is 13.5. The molecule has 3 aromatic carbocycles. The smallest absolute Gasteiger partial charge is 0.264 e. The number of sulfonamides is 1. The molecule has 1 N–H and O–H groups in total. The highest BCUT2D eigenvalue weighted by atomic mass is 32.2. The average molecular weight is 526 g/mol. The van der Waals surface area contributed by atoms with Crippen molar-refractivity contribution < 1.29 is 22.4 Å². The molecule has 3 rings (SSSR count). The molecule has 37 heavy (non-hydrogen) atoms. The Kier molecular flexibility index (Phi) is 9.41. The number of benzene rings is 3. The first-order chi connectivity index (χ1) is 17.6. The van der Waals surface area contributed by atoms with Crippen LogP contribution in [0.2, 0.25) is 0 Å². The van der Waals surface area contributed by atoms with Gasteiger partial charge in [-0.15, -0.1) is 0 Å². The van der Waals surface area contributed by atoms with Gasteiger partial charge in [0.25, 0.3) is 10.0 Å². The molecule has 7 nitrogen and oxygen atoms in total. The lowest BCUT2D eigenvalue weighted by Gasteiger charge is -2.32. The first-order valence-electron chi connectivity index (χ1n) is 12.1. The van der Waals surface area contributed by atoms with Crippen LogP contribution in [0.4, 0.5) is 10.1 Å². The molecule has 0 aliphatic heterocycles. The van der Waals surface area contributed by atoms with Gasteiger partial charge in [0.2, 0.25) is 11.8 Å². The molecule has 1 atom stereocenters. The van der Waals surface area contributed by atoms with Crippen molar-refractivity contribution in [3.63, 3.8) is 0 Å². The maximum Gasteiger partial charge on any atom is 0.264 e. The number of anilines is 1. The summed E-state index contributed by atoms with van der Waals surface area (Å²) >= 11 is 0. The van der Waals surface area contributed by atoms with Gasteiger partial charge in [-0.3, -0.25) is 13.9 Å². The van der Waals surface area contributed by atoms with E-state index in [1.165, 1.54) is 35.2 Å². The van der Waals surface area contributed by atoms with E-state index >= 15 is 0 Å². The van der Waals surface area contributed by atoms with Gasteiger partial charge < -0.3 is 10.2 Å². The van der Waals surface area contributed by atoms with Gasteiger partial charge in [-0.1, -0.05) is 67.1 Å². The molecule has 0 aliphatic rings. The maximum atomic E-state index is 14.9. The molecule has 0 radical (unpaired) electrons. The first kappa shape index (κ1) is 27.9. The molecule has 0 spiro atoms. The standard InChI is InChI=1S/C28H32FN3O4S/c1-4-18-30-28(34)22(3)31(19-23-10-6-5-7-11-23)27(33)20-32(26-13-9-8-12-25(26)29)37(35,36)24-16-14-21(2)15-17-24/h5-17,22H,4,18-20H2,1-3H3,(H,30,34)/t22-/m1/s1. The molecule has 0 unspecified atom stereocenters. The van der Waals surface area contributed by atoms with Crippen LogP contribution in [-0.2, 0) is 26.2 Å². The normalized spacial score (nSPS) is 12.0. The minimum Gasteiger partial charge on any atom is -0.354 e. The molecular formula is C28H32FN3O4S. The summed E-state index contributed by atoms with van der Waals surface area (Å²) in [4.78, 5) is 27.8. The highest BCUT2D eigenvalue weighted by Crippen LogP contribution is 2.27. The van der Waals surface area contributed by atoms with Gasteiger partial charge in [-0.2, -0.15) is 0 Å². The molecule has 9 heteroatoms. The zero-order valence-corrected chi connectivity index (χ0v) is 22.0. The molecule has 0 saturated heterocycles. The Bertz CT molecular complexity index is 1310. The number of carbonyl (C=O) groups excluding carboxylic acids is 2. The predicted molar refractivity (Wildman–Crippen MR) is 142 cm³/mol. The lowest BCUT2D eigenvalue weighted by molar-refractivity contribution is -0.139. The molecule has 0 aliphatic carbocycles. The molecule has 0 heterocycles. The number of aryl methyl sites for hydroxylation is 1. The monoisotopic (exact) mass is 525 g/mol. The Morgan fingerprint density at radius 3 is 2.19 bits per heavy atom. The minimum absolute atomic E-state index is 0.0718. The van der Waals surface area contributed by atoms with Gasteiger partial charge in [-0.25, -0.2) is 12.8 Å². The molecule has 196 valence electrons. The van der Waals surface area contributed by atoms with Crippen molar-refractivity contribution in [1.29, 1.82) is 0 Å². The molecular weight excluding hydrogens is 493 g/mol. The van der Waals surface area contributed by atoms with Crippen LogP contribution in [0.15, 0.2) is 83.8 Å². The Labute approximate surface area is 218 Å². The highest BCUT2D eigenvalue weighted by Gasteiger charge is 2.33. The summed E-state index contributed by atoms with van der Waals surface area (Å²) in [6.45, 7) is 5.17. The third-order valence-corrected chi connectivity index (χ3v) is 7.70. The van der Waals surface area contributed by atoms with Gasteiger partial charge in [0, 0.05) is 13.1 Å². The number of hydrogen-bond donors (Lipinski definition) is 1. The number of halogens is 1. The van der Waals surface area contributed by atoms with Gasteiger partial charge in [0.1, 0.15) is 18.4 Å².